The molecule has 4 nitrogen and oxygen atoms in total. The van der Waals surface area contributed by atoms with Gasteiger partial charge in [-0.05, 0) is 24.3 Å². The number of para-hydroxylation sites is 2. The Balaban J connectivity index is 1.96. The first-order chi connectivity index (χ1) is 12.7. The van der Waals surface area contributed by atoms with Crippen molar-refractivity contribution in [3.63, 3.8) is 0 Å². The van der Waals surface area contributed by atoms with Crippen molar-refractivity contribution in [2.24, 2.45) is 4.99 Å². The number of anilines is 1. The summed E-state index contributed by atoms with van der Waals surface area (Å²) >= 11 is 0. The van der Waals surface area contributed by atoms with Crippen molar-refractivity contribution in [1.82, 2.24) is 0 Å². The monoisotopic (exact) mass is 342 g/mol. The van der Waals surface area contributed by atoms with Gasteiger partial charge in [0.15, 0.2) is 0 Å². The number of nitrogens with one attached hydrogen (secondary N) is 1. The molecule has 3 aromatic carbocycles. The number of rotatable bonds is 5. The lowest BCUT2D eigenvalue weighted by atomic mass is 10.1. The third kappa shape index (κ3) is 4.45. The van der Waals surface area contributed by atoms with Crippen LogP contribution in [0.4, 0.5) is 11.4 Å². The number of carbonyl (C=O) groups is 1. The predicted molar refractivity (Wildman–Crippen MR) is 106 cm³/mol. The number of carbonyl (C=O) groups excluding carboxylic acids is 1. The molecule has 0 aliphatic carbocycles. The largest absolute Gasteiger partial charge is 0.506 e. The Hall–Kier alpha value is -3.66. The van der Waals surface area contributed by atoms with E-state index in [2.05, 4.69) is 10.3 Å². The molecule has 3 rings (SSSR count). The maximum Gasteiger partial charge on any atom is 0.261 e. The van der Waals surface area contributed by atoms with E-state index in [0.717, 1.165) is 0 Å². The average molecular weight is 342 g/mol. The van der Waals surface area contributed by atoms with Gasteiger partial charge in [-0.1, -0.05) is 66.7 Å². The third-order valence-corrected chi connectivity index (χ3v) is 3.68. The first-order valence-electron chi connectivity index (χ1n) is 8.18. The Morgan fingerprint density at radius 1 is 0.808 bits per heavy atom. The van der Waals surface area contributed by atoms with Gasteiger partial charge in [-0.2, -0.15) is 0 Å². The smallest absolute Gasteiger partial charge is 0.261 e. The second-order valence-corrected chi connectivity index (χ2v) is 5.54. The summed E-state index contributed by atoms with van der Waals surface area (Å²) in [4.78, 5) is 17.0. The summed E-state index contributed by atoms with van der Waals surface area (Å²) in [7, 11) is 0. The lowest BCUT2D eigenvalue weighted by molar-refractivity contribution is -0.112. The van der Waals surface area contributed by atoms with E-state index in [4.69, 9.17) is 0 Å². The number of benzene rings is 3. The zero-order valence-electron chi connectivity index (χ0n) is 14.0. The summed E-state index contributed by atoms with van der Waals surface area (Å²) < 4.78 is 0. The molecule has 0 fully saturated rings. The average Bonchev–Trinajstić information content (AvgIpc) is 2.70. The highest BCUT2D eigenvalue weighted by Gasteiger charge is 2.15. The van der Waals surface area contributed by atoms with E-state index >= 15 is 0 Å². The number of nitrogens with zero attached hydrogens (tertiary/aromatic N) is 1. The van der Waals surface area contributed by atoms with Crippen LogP contribution in [-0.4, -0.2) is 17.2 Å². The molecular formula is C22H18N2O2. The molecule has 0 atom stereocenters. The fraction of sp³-hybridized carbons (Fsp3) is 0. The highest BCUT2D eigenvalue weighted by Crippen LogP contribution is 2.18. The molecule has 26 heavy (non-hydrogen) atoms. The summed E-state index contributed by atoms with van der Waals surface area (Å²) in [5, 5.41) is 13.4. The minimum atomic E-state index is -0.433. The van der Waals surface area contributed by atoms with Crippen molar-refractivity contribution < 1.29 is 9.90 Å². The zero-order valence-corrected chi connectivity index (χ0v) is 14.0. The van der Waals surface area contributed by atoms with Gasteiger partial charge in [0.05, 0.1) is 5.69 Å². The predicted octanol–water partition coefficient (Wildman–Crippen LogP) is 5.00. The molecule has 0 heterocycles. The van der Waals surface area contributed by atoms with Crippen LogP contribution in [0.3, 0.4) is 0 Å². The Labute approximate surface area is 152 Å². The van der Waals surface area contributed by atoms with Crippen LogP contribution in [0.1, 0.15) is 5.56 Å². The maximum atomic E-state index is 12.7. The fourth-order valence-electron chi connectivity index (χ4n) is 2.35. The Kier molecular flexibility index (Phi) is 5.58. The first kappa shape index (κ1) is 17.2. The quantitative estimate of drug-likeness (QED) is 0.389. The molecule has 0 unspecified atom stereocenters. The van der Waals surface area contributed by atoms with Crippen LogP contribution < -0.4 is 5.32 Å². The highest BCUT2D eigenvalue weighted by atomic mass is 16.3. The standard InChI is InChI=1S/C22H18N2O2/c25-21(17-10-4-1-5-11-17)20(16-23-18-12-6-2-7-13-18)22(26)24-19-14-8-3-9-15-19/h1-16,25H,(H,24,26). The van der Waals surface area contributed by atoms with Gasteiger partial charge in [0.1, 0.15) is 11.3 Å². The molecule has 0 bridgehead atoms. The van der Waals surface area contributed by atoms with Crippen LogP contribution in [-0.2, 0) is 4.79 Å². The molecule has 0 aromatic heterocycles. The molecule has 0 spiro atoms. The fourth-order valence-corrected chi connectivity index (χ4v) is 2.35. The lowest BCUT2D eigenvalue weighted by Gasteiger charge is -2.09. The van der Waals surface area contributed by atoms with Crippen molar-refractivity contribution in [3.05, 3.63) is 102 Å². The molecule has 0 saturated carbocycles. The van der Waals surface area contributed by atoms with E-state index in [1.54, 1.807) is 36.4 Å². The number of hydrogen-bond acceptors (Lipinski definition) is 3. The van der Waals surface area contributed by atoms with Crippen LogP contribution >= 0.6 is 0 Å². The molecule has 4 heteroatoms. The number of amides is 1. The van der Waals surface area contributed by atoms with Crippen LogP contribution in [0.15, 0.2) is 102 Å². The van der Waals surface area contributed by atoms with Crippen LogP contribution in [0.5, 0.6) is 0 Å². The normalized spacial score (nSPS) is 11.8. The van der Waals surface area contributed by atoms with Crippen molar-refractivity contribution in [1.29, 1.82) is 0 Å². The molecule has 0 aliphatic rings. The topological polar surface area (TPSA) is 61.7 Å². The van der Waals surface area contributed by atoms with Gasteiger partial charge in [-0.15, -0.1) is 0 Å². The molecule has 0 saturated heterocycles. The molecule has 0 radical (unpaired) electrons. The first-order valence-corrected chi connectivity index (χ1v) is 8.18. The molecule has 3 aromatic rings. The lowest BCUT2D eigenvalue weighted by Crippen LogP contribution is -2.17. The number of hydrogen-bond donors (Lipinski definition) is 2. The van der Waals surface area contributed by atoms with Crippen molar-refractivity contribution >= 4 is 29.3 Å². The van der Waals surface area contributed by atoms with Gasteiger partial charge in [0.25, 0.3) is 5.91 Å². The van der Waals surface area contributed by atoms with Crippen LogP contribution in [0, 0.1) is 0 Å². The summed E-state index contributed by atoms with van der Waals surface area (Å²) in [5.74, 6) is -0.559. The van der Waals surface area contributed by atoms with Crippen LogP contribution in [0.25, 0.3) is 5.76 Å². The van der Waals surface area contributed by atoms with E-state index in [1.165, 1.54) is 6.21 Å². The van der Waals surface area contributed by atoms with Gasteiger partial charge in [0.2, 0.25) is 0 Å². The Morgan fingerprint density at radius 3 is 1.96 bits per heavy atom. The summed E-state index contributed by atoms with van der Waals surface area (Å²) in [5.41, 5.74) is 1.97. The second-order valence-electron chi connectivity index (χ2n) is 5.54. The minimum absolute atomic E-state index is 0.0870. The number of aliphatic imine (C=N–C) groups is 1. The SMILES string of the molecule is O=C(Nc1ccccc1)C(C=Nc1ccccc1)=C(O)c1ccccc1. The van der Waals surface area contributed by atoms with E-state index in [1.807, 2.05) is 54.6 Å². The molecule has 1 amide bonds. The van der Waals surface area contributed by atoms with E-state index in [9.17, 15) is 9.90 Å². The van der Waals surface area contributed by atoms with Crippen molar-refractivity contribution in [2.45, 2.75) is 0 Å². The van der Waals surface area contributed by atoms with Crippen molar-refractivity contribution in [3.8, 4) is 0 Å². The zero-order chi connectivity index (χ0) is 18.2. The van der Waals surface area contributed by atoms with Crippen molar-refractivity contribution in [2.75, 3.05) is 5.32 Å². The minimum Gasteiger partial charge on any atom is -0.506 e. The van der Waals surface area contributed by atoms with Crippen LogP contribution in [0.2, 0.25) is 0 Å². The molecule has 128 valence electrons. The summed E-state index contributed by atoms with van der Waals surface area (Å²) in [6.07, 6.45) is 1.38. The second kappa shape index (κ2) is 8.44. The van der Waals surface area contributed by atoms with E-state index < -0.39 is 5.91 Å². The molecule has 0 aliphatic heterocycles. The summed E-state index contributed by atoms with van der Waals surface area (Å²) in [6, 6.07) is 27.2. The van der Waals surface area contributed by atoms with Gasteiger partial charge in [-0.25, -0.2) is 0 Å². The molecule has 2 N–H and O–H groups in total. The Bertz CT molecular complexity index is 918. The maximum absolute atomic E-state index is 12.7. The van der Waals surface area contributed by atoms with E-state index in [-0.39, 0.29) is 11.3 Å². The number of aliphatic hydroxyl groups excluding tert-OH is 1. The van der Waals surface area contributed by atoms with E-state index in [0.29, 0.717) is 16.9 Å². The highest BCUT2D eigenvalue weighted by molar-refractivity contribution is 6.22. The van der Waals surface area contributed by atoms with Gasteiger partial charge >= 0.3 is 0 Å². The van der Waals surface area contributed by atoms with Gasteiger partial charge < -0.3 is 10.4 Å². The van der Waals surface area contributed by atoms with Gasteiger partial charge in [-0.3, -0.25) is 9.79 Å². The van der Waals surface area contributed by atoms with Gasteiger partial charge in [0, 0.05) is 17.5 Å². The Morgan fingerprint density at radius 2 is 1.35 bits per heavy atom. The number of aliphatic hydroxyl groups is 1. The summed E-state index contributed by atoms with van der Waals surface area (Å²) in [6.45, 7) is 0. The third-order valence-electron chi connectivity index (χ3n) is 3.68. The molecular weight excluding hydrogens is 324 g/mol.